The van der Waals surface area contributed by atoms with E-state index in [0.29, 0.717) is 5.56 Å². The van der Waals surface area contributed by atoms with Crippen LogP contribution in [0, 0.1) is 11.3 Å². The van der Waals surface area contributed by atoms with Gasteiger partial charge in [0.05, 0.1) is 11.6 Å². The zero-order valence-corrected chi connectivity index (χ0v) is 8.17. The summed E-state index contributed by atoms with van der Waals surface area (Å²) >= 11 is 0. The van der Waals surface area contributed by atoms with E-state index < -0.39 is 0 Å². The van der Waals surface area contributed by atoms with Crippen LogP contribution in [-0.2, 0) is 0 Å². The Morgan fingerprint density at radius 2 is 1.93 bits per heavy atom. The van der Waals surface area contributed by atoms with Crippen molar-refractivity contribution >= 4 is 17.8 Å². The summed E-state index contributed by atoms with van der Waals surface area (Å²) < 4.78 is 0. The van der Waals surface area contributed by atoms with Gasteiger partial charge in [-0.05, 0) is 12.1 Å². The molecule has 0 saturated carbocycles. The van der Waals surface area contributed by atoms with Gasteiger partial charge in [-0.15, -0.1) is 0 Å². The minimum absolute atomic E-state index is 0.619. The van der Waals surface area contributed by atoms with Gasteiger partial charge in [0.15, 0.2) is 0 Å². The molecule has 2 heteroatoms. The summed E-state index contributed by atoms with van der Waals surface area (Å²) in [5, 5.41) is 11.9. The third-order valence-electron chi connectivity index (χ3n) is 2.09. The lowest BCUT2D eigenvalue weighted by Gasteiger charge is -2.09. The van der Waals surface area contributed by atoms with Crippen molar-refractivity contribution in [2.24, 2.45) is 0 Å². The lowest BCUT2D eigenvalue weighted by atomic mass is 10.00. The average molecular weight is 184 g/mol. The maximum absolute atomic E-state index is 8.88. The van der Waals surface area contributed by atoms with Crippen molar-refractivity contribution in [3.05, 3.63) is 42.0 Å². The highest BCUT2D eigenvalue weighted by atomic mass is 14.8. The SMILES string of the molecule is C=Cc1c(C#N)ccc(NC)c1C=C. The van der Waals surface area contributed by atoms with Crippen LogP contribution in [0.15, 0.2) is 25.3 Å². The lowest BCUT2D eigenvalue weighted by molar-refractivity contribution is 1.43. The molecule has 0 atom stereocenters. The second-order valence-corrected chi connectivity index (χ2v) is 2.76. The van der Waals surface area contributed by atoms with Crippen molar-refractivity contribution in [3.8, 4) is 6.07 Å². The summed E-state index contributed by atoms with van der Waals surface area (Å²) in [6, 6.07) is 5.76. The van der Waals surface area contributed by atoms with Gasteiger partial charge < -0.3 is 5.32 Å². The topological polar surface area (TPSA) is 35.8 Å². The van der Waals surface area contributed by atoms with Crippen LogP contribution in [0.5, 0.6) is 0 Å². The first-order valence-electron chi connectivity index (χ1n) is 4.28. The van der Waals surface area contributed by atoms with E-state index in [-0.39, 0.29) is 0 Å². The molecule has 0 unspecified atom stereocenters. The fourth-order valence-corrected chi connectivity index (χ4v) is 1.39. The van der Waals surface area contributed by atoms with Gasteiger partial charge in [-0.2, -0.15) is 5.26 Å². The Kier molecular flexibility index (Phi) is 3.09. The first-order valence-corrected chi connectivity index (χ1v) is 4.28. The maximum atomic E-state index is 8.88. The third-order valence-corrected chi connectivity index (χ3v) is 2.09. The van der Waals surface area contributed by atoms with Crippen LogP contribution in [0.4, 0.5) is 5.69 Å². The van der Waals surface area contributed by atoms with E-state index in [1.54, 1.807) is 18.2 Å². The van der Waals surface area contributed by atoms with Crippen LogP contribution >= 0.6 is 0 Å². The molecule has 0 aliphatic heterocycles. The van der Waals surface area contributed by atoms with Gasteiger partial charge in [-0.3, -0.25) is 0 Å². The quantitative estimate of drug-likeness (QED) is 0.784. The molecule has 70 valence electrons. The summed E-state index contributed by atoms with van der Waals surface area (Å²) in [7, 11) is 1.83. The summed E-state index contributed by atoms with van der Waals surface area (Å²) in [5.41, 5.74) is 3.32. The fraction of sp³-hybridized carbons (Fsp3) is 0.0833. The molecule has 2 nitrogen and oxygen atoms in total. The molecule has 0 amide bonds. The Balaban J connectivity index is 3.53. The highest BCUT2D eigenvalue weighted by Gasteiger charge is 2.06. The number of benzene rings is 1. The van der Waals surface area contributed by atoms with Gasteiger partial charge in [0.25, 0.3) is 0 Å². The van der Waals surface area contributed by atoms with Crippen LogP contribution in [0.25, 0.3) is 12.2 Å². The zero-order valence-electron chi connectivity index (χ0n) is 8.17. The molecule has 0 aromatic heterocycles. The van der Waals surface area contributed by atoms with E-state index in [4.69, 9.17) is 5.26 Å². The van der Waals surface area contributed by atoms with E-state index in [2.05, 4.69) is 24.5 Å². The van der Waals surface area contributed by atoms with Gasteiger partial charge in [0.2, 0.25) is 0 Å². The Hall–Kier alpha value is -2.01. The molecule has 14 heavy (non-hydrogen) atoms. The van der Waals surface area contributed by atoms with Crippen molar-refractivity contribution < 1.29 is 0 Å². The van der Waals surface area contributed by atoms with Crippen molar-refractivity contribution in [2.45, 2.75) is 0 Å². The molecular formula is C12H12N2. The largest absolute Gasteiger partial charge is 0.388 e. The van der Waals surface area contributed by atoms with E-state index in [1.165, 1.54) is 0 Å². The molecule has 0 fully saturated rings. The number of nitrogens with one attached hydrogen (secondary N) is 1. The van der Waals surface area contributed by atoms with Gasteiger partial charge >= 0.3 is 0 Å². The molecule has 0 aliphatic carbocycles. The Morgan fingerprint density at radius 1 is 1.29 bits per heavy atom. The summed E-state index contributed by atoms with van der Waals surface area (Å²) in [4.78, 5) is 0. The Bertz CT molecular complexity index is 411. The molecule has 0 radical (unpaired) electrons. The number of hydrogen-bond acceptors (Lipinski definition) is 2. The number of hydrogen-bond donors (Lipinski definition) is 1. The second kappa shape index (κ2) is 4.29. The molecule has 0 heterocycles. The minimum Gasteiger partial charge on any atom is -0.388 e. The molecule has 0 bridgehead atoms. The smallest absolute Gasteiger partial charge is 0.0998 e. The third kappa shape index (κ3) is 1.53. The van der Waals surface area contributed by atoms with Crippen LogP contribution in [0.3, 0.4) is 0 Å². The predicted octanol–water partition coefficient (Wildman–Crippen LogP) is 2.89. The van der Waals surface area contributed by atoms with Crippen LogP contribution in [0.1, 0.15) is 16.7 Å². The van der Waals surface area contributed by atoms with Gasteiger partial charge in [0, 0.05) is 23.9 Å². The summed E-state index contributed by atoms with van der Waals surface area (Å²) in [5.74, 6) is 0. The first-order chi connectivity index (χ1) is 6.78. The van der Waals surface area contributed by atoms with Crippen molar-refractivity contribution in [2.75, 3.05) is 12.4 Å². The summed E-state index contributed by atoms with van der Waals surface area (Å²) in [6.07, 6.45) is 3.40. The van der Waals surface area contributed by atoms with Crippen molar-refractivity contribution in [1.82, 2.24) is 0 Å². The van der Waals surface area contributed by atoms with Crippen LogP contribution < -0.4 is 5.32 Å². The first kappa shape index (κ1) is 10.1. The highest BCUT2D eigenvalue weighted by Crippen LogP contribution is 2.25. The number of rotatable bonds is 3. The van der Waals surface area contributed by atoms with Gasteiger partial charge in [0.1, 0.15) is 0 Å². The molecule has 1 N–H and O–H groups in total. The number of nitriles is 1. The van der Waals surface area contributed by atoms with E-state index in [1.807, 2.05) is 13.1 Å². The van der Waals surface area contributed by atoms with Crippen molar-refractivity contribution in [3.63, 3.8) is 0 Å². The fourth-order valence-electron chi connectivity index (χ4n) is 1.39. The Morgan fingerprint density at radius 3 is 2.36 bits per heavy atom. The standard InChI is InChI=1S/C12H12N2/c1-4-10-9(8-13)6-7-12(14-3)11(10)5-2/h4-7,14H,1-2H2,3H3. The number of nitrogens with zero attached hydrogens (tertiary/aromatic N) is 1. The van der Waals surface area contributed by atoms with E-state index in [9.17, 15) is 0 Å². The van der Waals surface area contributed by atoms with Crippen LogP contribution in [-0.4, -0.2) is 7.05 Å². The van der Waals surface area contributed by atoms with Gasteiger partial charge in [-0.1, -0.05) is 25.3 Å². The minimum atomic E-state index is 0.619. The molecule has 1 aromatic carbocycles. The highest BCUT2D eigenvalue weighted by molar-refractivity contribution is 5.78. The molecule has 0 aliphatic rings. The lowest BCUT2D eigenvalue weighted by Crippen LogP contribution is -1.95. The molecule has 0 saturated heterocycles. The monoisotopic (exact) mass is 184 g/mol. The van der Waals surface area contributed by atoms with Gasteiger partial charge in [-0.25, -0.2) is 0 Å². The second-order valence-electron chi connectivity index (χ2n) is 2.76. The number of anilines is 1. The Labute approximate surface area is 84.2 Å². The van der Waals surface area contributed by atoms with E-state index in [0.717, 1.165) is 16.8 Å². The zero-order chi connectivity index (χ0) is 10.6. The molecular weight excluding hydrogens is 172 g/mol. The normalized spacial score (nSPS) is 8.86. The molecule has 0 spiro atoms. The predicted molar refractivity (Wildman–Crippen MR) is 60.9 cm³/mol. The molecule has 1 aromatic rings. The maximum Gasteiger partial charge on any atom is 0.0998 e. The van der Waals surface area contributed by atoms with Crippen LogP contribution in [0.2, 0.25) is 0 Å². The molecule has 1 rings (SSSR count). The average Bonchev–Trinajstić information content (AvgIpc) is 2.26. The summed E-state index contributed by atoms with van der Waals surface area (Å²) in [6.45, 7) is 7.42. The van der Waals surface area contributed by atoms with E-state index >= 15 is 0 Å². The van der Waals surface area contributed by atoms with Crippen molar-refractivity contribution in [1.29, 1.82) is 5.26 Å².